The van der Waals surface area contributed by atoms with Crippen molar-refractivity contribution in [1.29, 1.82) is 0 Å². The van der Waals surface area contributed by atoms with Crippen molar-refractivity contribution in [3.8, 4) is 23.5 Å². The average molecular weight is 1470 g/mol. The van der Waals surface area contributed by atoms with E-state index in [1.54, 1.807) is 93.1 Å². The molecule has 1 saturated heterocycles. The largest absolute Gasteiger partial charge is 0.481 e. The number of rotatable bonds is 32. The Morgan fingerprint density at radius 1 is 0.548 bits per heavy atom. The van der Waals surface area contributed by atoms with Crippen molar-refractivity contribution < 1.29 is 86.0 Å². The zero-order chi connectivity index (χ0) is 77.0. The zero-order valence-corrected chi connectivity index (χ0v) is 64.5. The van der Waals surface area contributed by atoms with Crippen LogP contribution in [0, 0.1) is 63.1 Å². The Kier molecular flexibility index (Phi) is 36.7. The first-order valence-corrected chi connectivity index (χ1v) is 36.1. The van der Waals surface area contributed by atoms with Gasteiger partial charge in [0.15, 0.2) is 0 Å². The fraction of sp³-hybridized carbons (Fsp3) is 0.675. The van der Waals surface area contributed by atoms with Crippen molar-refractivity contribution in [3.63, 3.8) is 0 Å². The Morgan fingerprint density at radius 3 is 1.14 bits per heavy atom. The molecule has 25 nitrogen and oxygen atoms in total. The Morgan fingerprint density at radius 2 is 0.865 bits per heavy atom. The van der Waals surface area contributed by atoms with E-state index in [0.717, 1.165) is 45.3 Å². The van der Waals surface area contributed by atoms with Crippen molar-refractivity contribution in [3.05, 3.63) is 71.3 Å². The first kappa shape index (κ1) is 90.3. The van der Waals surface area contributed by atoms with Gasteiger partial charge in [-0.2, -0.15) is 20.4 Å². The van der Waals surface area contributed by atoms with E-state index < -0.39 is 59.1 Å². The number of amides is 1. The molecule has 5 fully saturated rings. The molecule has 1 aliphatic heterocycles. The third-order valence-corrected chi connectivity index (χ3v) is 16.6. The van der Waals surface area contributed by atoms with Gasteiger partial charge in [0.2, 0.25) is 23.5 Å². The minimum atomic E-state index is -1.06. The molecule has 4 N–H and O–H groups in total. The number of esters is 3. The van der Waals surface area contributed by atoms with Crippen molar-refractivity contribution in [2.75, 3.05) is 79.4 Å². The maximum Gasteiger partial charge on any atom is 0.345 e. The van der Waals surface area contributed by atoms with Crippen LogP contribution in [0.2, 0.25) is 0 Å². The molecule has 0 aromatic carbocycles. The van der Waals surface area contributed by atoms with Gasteiger partial charge in [-0.15, -0.1) is 0 Å². The number of aromatic nitrogens is 8. The molecule has 4 aromatic heterocycles. The molecule has 1 amide bonds. The minimum absolute atomic E-state index is 0. The smallest absolute Gasteiger partial charge is 0.345 e. The molecule has 4 aromatic rings. The molecule has 2 unspecified atom stereocenters. The van der Waals surface area contributed by atoms with E-state index in [-0.39, 0.29) is 73.5 Å². The molecule has 4 saturated carbocycles. The van der Waals surface area contributed by atoms with Crippen LogP contribution in [0.5, 0.6) is 23.5 Å². The lowest BCUT2D eigenvalue weighted by Gasteiger charge is -2.58. The molecule has 4 aliphatic carbocycles. The second-order valence-corrected chi connectivity index (χ2v) is 30.9. The second-order valence-electron chi connectivity index (χ2n) is 30.9. The van der Waals surface area contributed by atoms with E-state index in [9.17, 15) is 43.0 Å². The zero-order valence-electron chi connectivity index (χ0n) is 64.5. The van der Waals surface area contributed by atoms with Crippen LogP contribution in [0.4, 0.5) is 8.78 Å². The van der Waals surface area contributed by atoms with Gasteiger partial charge in [-0.05, 0) is 127 Å². The lowest BCUT2D eigenvalue weighted by molar-refractivity contribution is -0.144. The van der Waals surface area contributed by atoms with E-state index in [2.05, 4.69) is 25.7 Å². The Bertz CT molecular complexity index is 3310. The fourth-order valence-corrected chi connectivity index (χ4v) is 10.8. The highest BCUT2D eigenvalue weighted by atomic mass is 19.1. The molecule has 4 bridgehead atoms. The topological polar surface area (TPSA) is 303 Å². The molecular formula is C77H123F2N9O16. The molecule has 586 valence electrons. The van der Waals surface area contributed by atoms with Gasteiger partial charge >= 0.3 is 23.9 Å². The maximum absolute atomic E-state index is 13.3. The molecule has 27 heteroatoms. The monoisotopic (exact) mass is 1470 g/mol. The first-order valence-electron chi connectivity index (χ1n) is 36.1. The van der Waals surface area contributed by atoms with Gasteiger partial charge in [0, 0.05) is 60.3 Å². The van der Waals surface area contributed by atoms with E-state index in [1.807, 2.05) is 75.3 Å². The normalized spacial score (nSPS) is 18.5. The van der Waals surface area contributed by atoms with Crippen molar-refractivity contribution in [2.24, 2.45) is 63.1 Å². The standard InChI is InChI=1S/C24H36FN3O3.C16H25FN2O3.C16H24N2O5.C16H26N2O4.C4H8O.CH4/c1-15(2)13-31-22-19(12-26-28(22)6-5-23(3,4)14-25)21(29)27-20-17-7-16-8-18(20)11-24(30,9-16)10-17;1-6-21-15(20)13-9-18-19(8-7-16(4,5)11-17)14(13)22-10-12(2)3;1-6-22-14(19)12-9-17-18(13(12)23-10-11(2)3)8-7-16(4,5)15(20)21;1-6-21-15(20)13-9-17-18(8-7-16(4,5)11-19)14(13)22-10-12(2)3;1-2-4-5-3-1;/h5-6,12,15-18,20,30H,7-11,13-14H2,1-4H3,(H,27,29);7-9,12H,6,10-11H2,1-5H3;7-9,11H,6,10H2,1-5H3,(H,20,21);7-9,12,19H,6,10-11H2,1-5H3;1-4H2;1H4/b6-5+;3*8-7+;;. The van der Waals surface area contributed by atoms with Gasteiger partial charge in [0.1, 0.15) is 22.3 Å². The Balaban J connectivity index is 0.000000354. The van der Waals surface area contributed by atoms with Gasteiger partial charge in [0.25, 0.3) is 5.91 Å². The summed E-state index contributed by atoms with van der Waals surface area (Å²) in [4.78, 5) is 60.3. The lowest BCUT2D eigenvalue weighted by atomic mass is 9.52. The summed E-state index contributed by atoms with van der Waals surface area (Å²) in [5.74, 6) is 1.11. The minimum Gasteiger partial charge on any atom is -0.481 e. The number of hydrogen-bond donors (Lipinski definition) is 4. The van der Waals surface area contributed by atoms with Gasteiger partial charge in [-0.3, -0.25) is 18.4 Å². The van der Waals surface area contributed by atoms with Crippen molar-refractivity contribution in [1.82, 2.24) is 44.4 Å². The van der Waals surface area contributed by atoms with Gasteiger partial charge in [-0.1, -0.05) is 123 Å². The molecular weight excluding hydrogens is 1340 g/mol. The summed E-state index contributed by atoms with van der Waals surface area (Å²) in [6.07, 6.45) is 26.1. The number of carboxylic acids is 1. The highest BCUT2D eigenvalue weighted by molar-refractivity contribution is 5.97. The van der Waals surface area contributed by atoms with Gasteiger partial charge in [0.05, 0.1) is 102 Å². The summed E-state index contributed by atoms with van der Waals surface area (Å²) < 4.78 is 74.9. The van der Waals surface area contributed by atoms with E-state index in [1.165, 1.54) is 68.6 Å². The third-order valence-electron chi connectivity index (χ3n) is 16.6. The fourth-order valence-electron chi connectivity index (χ4n) is 10.8. The number of carbonyl (C=O) groups excluding carboxylic acids is 4. The summed E-state index contributed by atoms with van der Waals surface area (Å²) in [7, 11) is 0. The molecule has 0 spiro atoms. The number of aliphatic carboxylic acids is 1. The number of carbonyl (C=O) groups is 5. The SMILES string of the molecule is C.C1CCOC1.CC(C)COc1c(C(=O)NC2C3CC4CC2CC(O)(C4)C3)cnn1/C=C/C(C)(C)CF.CCOC(=O)c1cnn(/C=C/C(C)(C)C(=O)O)c1OCC(C)C.CCOC(=O)c1cnn(/C=C/C(C)(C)CF)c1OCC(C)C.CCOC(=O)c1cnn(/C=C/C(C)(C)CO)c1OCC(C)C. The number of aliphatic hydroxyl groups is 2. The van der Waals surface area contributed by atoms with Crippen LogP contribution < -0.4 is 24.3 Å². The lowest BCUT2D eigenvalue weighted by Crippen LogP contribution is -2.61. The number of ether oxygens (including phenoxy) is 8. The summed E-state index contributed by atoms with van der Waals surface area (Å²) in [6.45, 7) is 39.0. The van der Waals surface area contributed by atoms with Crippen molar-refractivity contribution in [2.45, 2.75) is 196 Å². The molecule has 5 aliphatic rings. The van der Waals surface area contributed by atoms with Crippen LogP contribution in [0.1, 0.15) is 225 Å². The maximum atomic E-state index is 13.3. The van der Waals surface area contributed by atoms with Crippen LogP contribution in [0.25, 0.3) is 24.8 Å². The highest BCUT2D eigenvalue weighted by Crippen LogP contribution is 2.56. The number of alkyl halides is 2. The first-order chi connectivity index (χ1) is 48.4. The van der Waals surface area contributed by atoms with E-state index in [0.29, 0.717) is 91.4 Å². The quantitative estimate of drug-likeness (QED) is 0.0261. The molecule has 104 heavy (non-hydrogen) atoms. The summed E-state index contributed by atoms with van der Waals surface area (Å²) >= 11 is 0. The van der Waals surface area contributed by atoms with E-state index >= 15 is 0 Å². The summed E-state index contributed by atoms with van der Waals surface area (Å²) in [6, 6.07) is 0.0895. The number of carboxylic acid groups (broad SMARTS) is 1. The van der Waals surface area contributed by atoms with Gasteiger partial charge < -0.3 is 58.5 Å². The van der Waals surface area contributed by atoms with Crippen LogP contribution in [-0.4, -0.2) is 175 Å². The van der Waals surface area contributed by atoms with E-state index in [4.69, 9.17) is 43.0 Å². The molecule has 9 rings (SSSR count). The second kappa shape index (κ2) is 42.3. The molecule has 2 atom stereocenters. The number of allylic oxidation sites excluding steroid dienone is 2. The number of nitrogens with zero attached hydrogens (tertiary/aromatic N) is 8. The number of nitrogens with one attached hydrogen (secondary N) is 1. The predicted octanol–water partition coefficient (Wildman–Crippen LogP) is 14.3. The summed E-state index contributed by atoms with van der Waals surface area (Å²) in [5.41, 5.74) is -2.02. The number of aliphatic hydroxyl groups excluding tert-OH is 1. The van der Waals surface area contributed by atoms with Crippen LogP contribution in [0.15, 0.2) is 49.1 Å². The Labute approximate surface area is 615 Å². The average Bonchev–Trinajstić information content (AvgIpc) is 0.847. The van der Waals surface area contributed by atoms with Crippen LogP contribution >= 0.6 is 0 Å². The van der Waals surface area contributed by atoms with Gasteiger partial charge in [-0.25, -0.2) is 33.1 Å². The Hall–Kier alpha value is -7.91. The molecule has 0 radical (unpaired) electrons. The molecule has 5 heterocycles. The predicted molar refractivity (Wildman–Crippen MR) is 398 cm³/mol. The third kappa shape index (κ3) is 28.9. The van der Waals surface area contributed by atoms with Crippen molar-refractivity contribution >= 4 is 54.6 Å². The van der Waals surface area contributed by atoms with Crippen LogP contribution in [-0.2, 0) is 23.7 Å². The number of halogens is 2. The number of hydrogen-bond acceptors (Lipinski definition) is 19. The summed E-state index contributed by atoms with van der Waals surface area (Å²) in [5, 5.41) is 49.2. The highest BCUT2D eigenvalue weighted by Gasteiger charge is 2.55. The van der Waals surface area contributed by atoms with Crippen LogP contribution in [0.3, 0.4) is 0 Å².